The van der Waals surface area contributed by atoms with Gasteiger partial charge in [0.05, 0.1) is 29.7 Å². The first-order chi connectivity index (χ1) is 11.9. The van der Waals surface area contributed by atoms with Crippen LogP contribution in [0, 0.1) is 11.3 Å². The predicted molar refractivity (Wildman–Crippen MR) is 89.4 cm³/mol. The smallest absolute Gasteiger partial charge is 0.326 e. The van der Waals surface area contributed by atoms with Gasteiger partial charge in [-0.25, -0.2) is 4.98 Å². The molecule has 0 aliphatic carbocycles. The number of fused-ring (bicyclic) bond motifs is 1. The van der Waals surface area contributed by atoms with E-state index < -0.39 is 18.0 Å². The molecule has 0 fully saturated rings. The average molecular weight is 342 g/mol. The van der Waals surface area contributed by atoms with E-state index in [9.17, 15) is 14.4 Å². The molecule has 1 atom stereocenters. The number of benzene rings is 1. The molecule has 0 aliphatic rings. The summed E-state index contributed by atoms with van der Waals surface area (Å²) in [4.78, 5) is 41.8. The van der Waals surface area contributed by atoms with Crippen molar-refractivity contribution in [1.82, 2.24) is 14.5 Å². The number of para-hydroxylation sites is 1. The molecule has 0 saturated carbocycles. The number of rotatable bonds is 6. The van der Waals surface area contributed by atoms with Crippen LogP contribution in [0.15, 0.2) is 35.4 Å². The lowest BCUT2D eigenvalue weighted by Crippen LogP contribution is -2.38. The highest BCUT2D eigenvalue weighted by Gasteiger charge is 2.21. The fourth-order valence-corrected chi connectivity index (χ4v) is 2.28. The minimum Gasteiger partial charge on any atom is -0.451 e. The van der Waals surface area contributed by atoms with Crippen molar-refractivity contribution in [3.63, 3.8) is 0 Å². The molecule has 1 amide bonds. The number of likely N-dealkylation sites (N-methyl/N-ethyl adjacent to an activating group) is 1. The minimum absolute atomic E-state index is 0.195. The van der Waals surface area contributed by atoms with Crippen molar-refractivity contribution in [2.45, 2.75) is 26.0 Å². The SMILES string of the molecule is C[C@@H](OC(=O)Cn1cnc2ccccc2c1=O)C(=O)N(C)CCC#N. The van der Waals surface area contributed by atoms with Gasteiger partial charge in [-0.15, -0.1) is 0 Å². The number of nitriles is 1. The predicted octanol–water partition coefficient (Wildman–Crippen LogP) is 0.700. The molecular weight excluding hydrogens is 324 g/mol. The normalized spacial score (nSPS) is 11.6. The maximum Gasteiger partial charge on any atom is 0.326 e. The number of ether oxygens (including phenoxy) is 1. The summed E-state index contributed by atoms with van der Waals surface area (Å²) in [5, 5.41) is 8.94. The highest BCUT2D eigenvalue weighted by Crippen LogP contribution is 2.05. The van der Waals surface area contributed by atoms with E-state index in [1.165, 1.54) is 25.2 Å². The van der Waals surface area contributed by atoms with Gasteiger partial charge in [0.2, 0.25) is 0 Å². The Morgan fingerprint density at radius 3 is 2.84 bits per heavy atom. The number of amides is 1. The minimum atomic E-state index is -1.000. The van der Waals surface area contributed by atoms with Gasteiger partial charge in [-0.05, 0) is 19.1 Å². The second-order valence-corrected chi connectivity index (χ2v) is 5.49. The Balaban J connectivity index is 2.03. The van der Waals surface area contributed by atoms with Crippen molar-refractivity contribution in [3.05, 3.63) is 40.9 Å². The van der Waals surface area contributed by atoms with Crippen LogP contribution in [0.1, 0.15) is 13.3 Å². The van der Waals surface area contributed by atoms with Crippen LogP contribution < -0.4 is 5.56 Å². The monoisotopic (exact) mass is 342 g/mol. The van der Waals surface area contributed by atoms with Crippen LogP contribution in [0.3, 0.4) is 0 Å². The first-order valence-corrected chi connectivity index (χ1v) is 7.69. The van der Waals surface area contributed by atoms with Gasteiger partial charge in [-0.1, -0.05) is 12.1 Å². The summed E-state index contributed by atoms with van der Waals surface area (Å²) in [7, 11) is 1.53. The Morgan fingerprint density at radius 1 is 1.40 bits per heavy atom. The molecule has 8 heteroatoms. The van der Waals surface area contributed by atoms with Gasteiger partial charge < -0.3 is 9.64 Å². The van der Waals surface area contributed by atoms with E-state index in [1.807, 2.05) is 6.07 Å². The van der Waals surface area contributed by atoms with E-state index in [0.717, 1.165) is 4.57 Å². The molecule has 0 spiro atoms. The topological polar surface area (TPSA) is 105 Å². The van der Waals surface area contributed by atoms with Gasteiger partial charge >= 0.3 is 5.97 Å². The molecule has 1 aromatic heterocycles. The van der Waals surface area contributed by atoms with Crippen molar-refractivity contribution in [1.29, 1.82) is 5.26 Å². The maximum atomic E-state index is 12.3. The van der Waals surface area contributed by atoms with Crippen LogP contribution in [-0.4, -0.2) is 46.0 Å². The van der Waals surface area contributed by atoms with E-state index in [2.05, 4.69) is 4.98 Å². The molecule has 2 aromatic rings. The van der Waals surface area contributed by atoms with Crippen LogP contribution >= 0.6 is 0 Å². The highest BCUT2D eigenvalue weighted by atomic mass is 16.5. The molecule has 0 saturated heterocycles. The molecule has 130 valence electrons. The van der Waals surface area contributed by atoms with E-state index >= 15 is 0 Å². The summed E-state index contributed by atoms with van der Waals surface area (Å²) >= 11 is 0. The number of hydrogen-bond acceptors (Lipinski definition) is 6. The molecule has 0 bridgehead atoms. The lowest BCUT2D eigenvalue weighted by Gasteiger charge is -2.20. The summed E-state index contributed by atoms with van der Waals surface area (Å²) in [6, 6.07) is 8.75. The summed E-state index contributed by atoms with van der Waals surface area (Å²) < 4.78 is 6.22. The van der Waals surface area contributed by atoms with Crippen LogP contribution in [0.25, 0.3) is 10.9 Å². The highest BCUT2D eigenvalue weighted by molar-refractivity contribution is 5.83. The molecule has 1 heterocycles. The first kappa shape index (κ1) is 18.1. The Hall–Kier alpha value is -3.21. The molecule has 0 aliphatic heterocycles. The number of carbonyl (C=O) groups excluding carboxylic acids is 2. The average Bonchev–Trinajstić information content (AvgIpc) is 2.61. The van der Waals surface area contributed by atoms with E-state index in [-0.39, 0.29) is 25.1 Å². The summed E-state index contributed by atoms with van der Waals surface area (Å²) in [6.45, 7) is 1.37. The summed E-state index contributed by atoms with van der Waals surface area (Å²) in [6.07, 6.45) is 0.471. The molecule has 2 rings (SSSR count). The molecule has 0 N–H and O–H groups in total. The van der Waals surface area contributed by atoms with Gasteiger partial charge in [0.1, 0.15) is 6.54 Å². The maximum absolute atomic E-state index is 12.3. The molecule has 0 radical (unpaired) electrons. The second kappa shape index (κ2) is 8.06. The zero-order chi connectivity index (χ0) is 18.4. The van der Waals surface area contributed by atoms with Gasteiger partial charge in [-0.2, -0.15) is 5.26 Å². The fourth-order valence-electron chi connectivity index (χ4n) is 2.28. The third-order valence-electron chi connectivity index (χ3n) is 3.62. The molecule has 8 nitrogen and oxygen atoms in total. The van der Waals surface area contributed by atoms with Crippen molar-refractivity contribution < 1.29 is 14.3 Å². The fraction of sp³-hybridized carbons (Fsp3) is 0.353. The Bertz CT molecular complexity index is 884. The van der Waals surface area contributed by atoms with Crippen molar-refractivity contribution in [2.24, 2.45) is 0 Å². The number of aromatic nitrogens is 2. The Kier molecular flexibility index (Phi) is 5.84. The zero-order valence-corrected chi connectivity index (χ0v) is 14.0. The standard InChI is InChI=1S/C17H18N4O4/c1-12(16(23)20(2)9-5-8-18)25-15(22)10-21-11-19-14-7-4-3-6-13(14)17(21)24/h3-4,6-7,11-12H,5,9-10H2,1-2H3/t12-/m1/s1. The van der Waals surface area contributed by atoms with Crippen LogP contribution in [0.4, 0.5) is 0 Å². The van der Waals surface area contributed by atoms with Crippen molar-refractivity contribution >= 4 is 22.8 Å². The molecule has 0 unspecified atom stereocenters. The van der Waals surface area contributed by atoms with Gasteiger partial charge in [0.25, 0.3) is 11.5 Å². The van der Waals surface area contributed by atoms with Crippen molar-refractivity contribution in [3.8, 4) is 6.07 Å². The molecular formula is C17H18N4O4. The summed E-state index contributed by atoms with van der Waals surface area (Å²) in [5.74, 6) is -1.12. The lowest BCUT2D eigenvalue weighted by atomic mass is 10.2. The van der Waals surface area contributed by atoms with E-state index in [1.54, 1.807) is 24.3 Å². The van der Waals surface area contributed by atoms with Crippen LogP contribution in [0.5, 0.6) is 0 Å². The third kappa shape index (κ3) is 4.41. The lowest BCUT2D eigenvalue weighted by molar-refractivity contribution is -0.159. The third-order valence-corrected chi connectivity index (χ3v) is 3.62. The number of hydrogen-bond donors (Lipinski definition) is 0. The van der Waals surface area contributed by atoms with E-state index in [4.69, 9.17) is 10.00 Å². The zero-order valence-electron chi connectivity index (χ0n) is 14.0. The van der Waals surface area contributed by atoms with Gasteiger partial charge in [0.15, 0.2) is 6.10 Å². The van der Waals surface area contributed by atoms with E-state index in [0.29, 0.717) is 10.9 Å². The van der Waals surface area contributed by atoms with Crippen LogP contribution in [-0.2, 0) is 20.9 Å². The largest absolute Gasteiger partial charge is 0.451 e. The van der Waals surface area contributed by atoms with Crippen molar-refractivity contribution in [2.75, 3.05) is 13.6 Å². The summed E-state index contributed by atoms with van der Waals surface area (Å²) in [5.41, 5.74) is 0.187. The quantitative estimate of drug-likeness (QED) is 0.716. The molecule has 1 aromatic carbocycles. The van der Waals surface area contributed by atoms with Gasteiger partial charge in [0, 0.05) is 13.6 Å². The van der Waals surface area contributed by atoms with Crippen LogP contribution in [0.2, 0.25) is 0 Å². The number of nitrogens with zero attached hydrogens (tertiary/aromatic N) is 4. The number of esters is 1. The Morgan fingerprint density at radius 2 is 2.12 bits per heavy atom. The first-order valence-electron chi connectivity index (χ1n) is 7.69. The number of carbonyl (C=O) groups is 2. The Labute approximate surface area is 144 Å². The molecule has 25 heavy (non-hydrogen) atoms. The van der Waals surface area contributed by atoms with Gasteiger partial charge in [-0.3, -0.25) is 19.0 Å². The second-order valence-electron chi connectivity index (χ2n) is 5.49.